The predicted molar refractivity (Wildman–Crippen MR) is 132 cm³/mol. The Morgan fingerprint density at radius 1 is 0.735 bits per heavy atom. The van der Waals surface area contributed by atoms with E-state index in [9.17, 15) is 4.79 Å². The van der Waals surface area contributed by atoms with Crippen molar-refractivity contribution in [2.75, 3.05) is 24.9 Å². The maximum atomic E-state index is 10.5. The number of rotatable bonds is 8. The van der Waals surface area contributed by atoms with E-state index in [1.54, 1.807) is 51.1 Å². The normalized spacial score (nSPS) is 9.85. The van der Waals surface area contributed by atoms with Crippen molar-refractivity contribution in [3.63, 3.8) is 0 Å². The molecule has 8 nitrogen and oxygen atoms in total. The molecular formula is C26H26N4O4. The molecule has 4 aromatic rings. The maximum Gasteiger partial charge on any atom is 0.150 e. The zero-order valence-corrected chi connectivity index (χ0v) is 18.9. The minimum Gasteiger partial charge on any atom is -0.495 e. The molecule has 174 valence electrons. The fraction of sp³-hybridized carbons (Fsp3) is 0.115. The average Bonchev–Trinajstić information content (AvgIpc) is 2.90. The zero-order valence-electron chi connectivity index (χ0n) is 18.9. The van der Waals surface area contributed by atoms with Crippen LogP contribution in [0, 0.1) is 0 Å². The van der Waals surface area contributed by atoms with Gasteiger partial charge in [-0.05, 0) is 42.0 Å². The lowest BCUT2D eigenvalue weighted by Gasteiger charge is -2.07. The number of aliphatic hydroxyl groups is 1. The summed E-state index contributed by atoms with van der Waals surface area (Å²) < 4.78 is 10.2. The second-order valence-corrected chi connectivity index (χ2v) is 7.07. The SMILES string of the molecule is COc1cncc(Nc2ccc(C=O)cc2)c1.COc1cncc(Nc2ccc(CO)cc2)c1. The molecule has 3 N–H and O–H groups in total. The molecule has 0 saturated carbocycles. The molecule has 0 unspecified atom stereocenters. The van der Waals surface area contributed by atoms with Gasteiger partial charge in [0.05, 0.1) is 57.0 Å². The van der Waals surface area contributed by atoms with Gasteiger partial charge in [0.15, 0.2) is 0 Å². The molecule has 2 aromatic heterocycles. The Kier molecular flexibility index (Phi) is 8.95. The van der Waals surface area contributed by atoms with E-state index in [0.29, 0.717) is 17.1 Å². The lowest BCUT2D eigenvalue weighted by atomic mass is 10.2. The lowest BCUT2D eigenvalue weighted by Crippen LogP contribution is -1.93. The monoisotopic (exact) mass is 458 g/mol. The molecule has 4 rings (SSSR count). The second kappa shape index (κ2) is 12.6. The second-order valence-electron chi connectivity index (χ2n) is 7.07. The third kappa shape index (κ3) is 7.32. The highest BCUT2D eigenvalue weighted by Crippen LogP contribution is 2.21. The van der Waals surface area contributed by atoms with Crippen molar-refractivity contribution in [1.82, 2.24) is 9.97 Å². The molecular weight excluding hydrogens is 432 g/mol. The van der Waals surface area contributed by atoms with Crippen LogP contribution < -0.4 is 20.1 Å². The molecule has 0 aliphatic carbocycles. The van der Waals surface area contributed by atoms with Crippen molar-refractivity contribution in [2.24, 2.45) is 0 Å². The van der Waals surface area contributed by atoms with Crippen LogP contribution in [0.1, 0.15) is 15.9 Å². The van der Waals surface area contributed by atoms with Gasteiger partial charge >= 0.3 is 0 Å². The van der Waals surface area contributed by atoms with Crippen LogP contribution in [-0.2, 0) is 6.61 Å². The molecule has 0 fully saturated rings. The third-order valence-electron chi connectivity index (χ3n) is 4.66. The molecule has 0 aliphatic heterocycles. The van der Waals surface area contributed by atoms with Crippen molar-refractivity contribution < 1.29 is 19.4 Å². The predicted octanol–water partition coefficient (Wildman–Crippen LogP) is 4.97. The molecule has 2 aromatic carbocycles. The van der Waals surface area contributed by atoms with E-state index in [4.69, 9.17) is 14.6 Å². The molecule has 0 amide bonds. The number of carbonyl (C=O) groups is 1. The molecule has 0 saturated heterocycles. The number of nitrogens with zero attached hydrogens (tertiary/aromatic N) is 2. The highest BCUT2D eigenvalue weighted by atomic mass is 16.5. The molecule has 0 bridgehead atoms. The lowest BCUT2D eigenvalue weighted by molar-refractivity contribution is 0.112. The van der Waals surface area contributed by atoms with E-state index < -0.39 is 0 Å². The summed E-state index contributed by atoms with van der Waals surface area (Å²) in [4.78, 5) is 18.6. The molecule has 2 heterocycles. The van der Waals surface area contributed by atoms with E-state index in [1.807, 2.05) is 48.5 Å². The number of anilines is 4. The first kappa shape index (κ1) is 24.2. The van der Waals surface area contributed by atoms with E-state index in [2.05, 4.69) is 20.6 Å². The van der Waals surface area contributed by atoms with Gasteiger partial charge < -0.3 is 25.2 Å². The Morgan fingerprint density at radius 3 is 1.62 bits per heavy atom. The van der Waals surface area contributed by atoms with Crippen LogP contribution in [0.15, 0.2) is 85.5 Å². The summed E-state index contributed by atoms with van der Waals surface area (Å²) in [5.74, 6) is 1.40. The summed E-state index contributed by atoms with van der Waals surface area (Å²) >= 11 is 0. The van der Waals surface area contributed by atoms with E-state index >= 15 is 0 Å². The first-order valence-corrected chi connectivity index (χ1v) is 10.4. The van der Waals surface area contributed by atoms with Gasteiger partial charge in [-0.3, -0.25) is 14.8 Å². The first-order valence-electron chi connectivity index (χ1n) is 10.4. The Bertz CT molecular complexity index is 1180. The maximum absolute atomic E-state index is 10.5. The van der Waals surface area contributed by atoms with Crippen LogP contribution in [-0.4, -0.2) is 35.6 Å². The average molecular weight is 459 g/mol. The highest BCUT2D eigenvalue weighted by molar-refractivity contribution is 5.76. The van der Waals surface area contributed by atoms with Gasteiger partial charge in [-0.15, -0.1) is 0 Å². The summed E-state index contributed by atoms with van der Waals surface area (Å²) in [6, 6.07) is 18.5. The highest BCUT2D eigenvalue weighted by Gasteiger charge is 1.99. The quantitative estimate of drug-likeness (QED) is 0.318. The number of hydrogen-bond donors (Lipinski definition) is 3. The van der Waals surface area contributed by atoms with Gasteiger partial charge in [0.2, 0.25) is 0 Å². The minimum atomic E-state index is 0.0565. The number of nitrogens with one attached hydrogen (secondary N) is 2. The minimum absolute atomic E-state index is 0.0565. The number of ether oxygens (including phenoxy) is 2. The molecule has 0 radical (unpaired) electrons. The van der Waals surface area contributed by atoms with Gasteiger partial charge in [-0.1, -0.05) is 12.1 Å². The van der Waals surface area contributed by atoms with E-state index in [0.717, 1.165) is 34.6 Å². The third-order valence-corrected chi connectivity index (χ3v) is 4.66. The van der Waals surface area contributed by atoms with Crippen molar-refractivity contribution in [2.45, 2.75) is 6.61 Å². The van der Waals surface area contributed by atoms with Gasteiger partial charge in [0.1, 0.15) is 17.8 Å². The van der Waals surface area contributed by atoms with Crippen LogP contribution in [0.4, 0.5) is 22.7 Å². The largest absolute Gasteiger partial charge is 0.495 e. The number of hydrogen-bond acceptors (Lipinski definition) is 8. The van der Waals surface area contributed by atoms with Gasteiger partial charge in [0, 0.05) is 29.1 Å². The standard InChI is InChI=1S/C13H14N2O2.C13H12N2O2/c2*1-17-13-6-12(7-14-8-13)15-11-4-2-10(9-16)3-5-11/h2-8,15-16H,9H2,1H3;2-9,15H,1H3. The Hall–Kier alpha value is -4.43. The fourth-order valence-electron chi connectivity index (χ4n) is 2.87. The van der Waals surface area contributed by atoms with Crippen LogP contribution in [0.3, 0.4) is 0 Å². The van der Waals surface area contributed by atoms with E-state index in [1.165, 1.54) is 0 Å². The van der Waals surface area contributed by atoms with E-state index in [-0.39, 0.29) is 6.61 Å². The smallest absolute Gasteiger partial charge is 0.150 e. The zero-order chi connectivity index (χ0) is 24.2. The van der Waals surface area contributed by atoms with Crippen LogP contribution in [0.25, 0.3) is 0 Å². The Morgan fingerprint density at radius 2 is 1.21 bits per heavy atom. The van der Waals surface area contributed by atoms with Gasteiger partial charge in [0.25, 0.3) is 0 Å². The summed E-state index contributed by atoms with van der Waals surface area (Å²) in [7, 11) is 3.20. The van der Waals surface area contributed by atoms with Crippen molar-refractivity contribution in [3.05, 3.63) is 96.6 Å². The van der Waals surface area contributed by atoms with Crippen molar-refractivity contribution >= 4 is 29.0 Å². The molecule has 0 atom stereocenters. The van der Waals surface area contributed by atoms with Crippen molar-refractivity contribution in [1.29, 1.82) is 0 Å². The molecule has 0 spiro atoms. The number of aliphatic hydroxyl groups excluding tert-OH is 1. The number of benzene rings is 2. The van der Waals surface area contributed by atoms with Crippen LogP contribution >= 0.6 is 0 Å². The number of methoxy groups -OCH3 is 2. The summed E-state index contributed by atoms with van der Waals surface area (Å²) in [5, 5.41) is 15.3. The first-order chi connectivity index (χ1) is 16.6. The van der Waals surface area contributed by atoms with Gasteiger partial charge in [-0.2, -0.15) is 0 Å². The number of aromatic nitrogens is 2. The molecule has 34 heavy (non-hydrogen) atoms. The van der Waals surface area contributed by atoms with Crippen molar-refractivity contribution in [3.8, 4) is 11.5 Å². The number of pyridine rings is 2. The summed E-state index contributed by atoms with van der Waals surface area (Å²) in [6.45, 7) is 0.0565. The topological polar surface area (TPSA) is 106 Å². The molecule has 8 heteroatoms. The van der Waals surface area contributed by atoms with Crippen LogP contribution in [0.5, 0.6) is 11.5 Å². The number of carbonyl (C=O) groups excluding carboxylic acids is 1. The summed E-state index contributed by atoms with van der Waals surface area (Å²) in [5.41, 5.74) is 5.07. The number of aldehydes is 1. The van der Waals surface area contributed by atoms with Crippen LogP contribution in [0.2, 0.25) is 0 Å². The Labute approximate surface area is 198 Å². The van der Waals surface area contributed by atoms with Gasteiger partial charge in [-0.25, -0.2) is 0 Å². The Balaban J connectivity index is 0.000000191. The summed E-state index contributed by atoms with van der Waals surface area (Å²) in [6.07, 6.45) is 7.54. The molecule has 0 aliphatic rings. The fourth-order valence-corrected chi connectivity index (χ4v) is 2.87.